The van der Waals surface area contributed by atoms with Gasteiger partial charge in [0.25, 0.3) is 11.2 Å². The van der Waals surface area contributed by atoms with Crippen LogP contribution in [0.1, 0.15) is 50.3 Å². The van der Waals surface area contributed by atoms with Crippen molar-refractivity contribution in [1.29, 1.82) is 0 Å². The summed E-state index contributed by atoms with van der Waals surface area (Å²) in [5, 5.41) is 16.1. The first-order valence-corrected chi connectivity index (χ1v) is 15.5. The van der Waals surface area contributed by atoms with Crippen molar-refractivity contribution in [2.45, 2.75) is 40.5 Å². The number of benzene rings is 3. The molecule has 5 rings (SSSR count). The van der Waals surface area contributed by atoms with Crippen molar-refractivity contribution in [2.75, 3.05) is 13.2 Å². The van der Waals surface area contributed by atoms with Crippen molar-refractivity contribution in [1.82, 2.24) is 14.6 Å². The van der Waals surface area contributed by atoms with Gasteiger partial charge < -0.3 is 14.2 Å². The lowest BCUT2D eigenvalue weighted by Crippen LogP contribution is -2.21. The van der Waals surface area contributed by atoms with Crippen molar-refractivity contribution < 1.29 is 19.1 Å². The molecule has 236 valence electrons. The summed E-state index contributed by atoms with van der Waals surface area (Å²) in [6.07, 6.45) is 2.67. The zero-order valence-corrected chi connectivity index (χ0v) is 27.6. The third kappa shape index (κ3) is 6.76. The van der Waals surface area contributed by atoms with Crippen molar-refractivity contribution in [3.05, 3.63) is 108 Å². The molecule has 0 radical (unpaired) electrons. The Balaban J connectivity index is 1.61. The SMILES string of the molecule is CCOc1cc(C)c(-c2nc3ccccc3c(=O)n2N=Cc2cc(Br)c(Oc3ccc([N+](=O)[O-])cn3)c(OCC)c2)cc1C(C)C. The predicted octanol–water partition coefficient (Wildman–Crippen LogP) is 8.03. The van der Waals surface area contributed by atoms with Crippen LogP contribution < -0.4 is 19.8 Å². The Labute approximate surface area is 273 Å². The van der Waals surface area contributed by atoms with E-state index in [9.17, 15) is 14.9 Å². The lowest BCUT2D eigenvalue weighted by Gasteiger charge is -2.18. The molecule has 0 N–H and O–H groups in total. The minimum Gasteiger partial charge on any atom is -0.494 e. The first-order chi connectivity index (χ1) is 22.1. The zero-order chi connectivity index (χ0) is 33.0. The number of aromatic nitrogens is 3. The molecule has 0 atom stereocenters. The Bertz CT molecular complexity index is 2010. The lowest BCUT2D eigenvalue weighted by atomic mass is 9.96. The van der Waals surface area contributed by atoms with Crippen LogP contribution in [0.4, 0.5) is 5.69 Å². The van der Waals surface area contributed by atoms with Crippen LogP contribution >= 0.6 is 15.9 Å². The van der Waals surface area contributed by atoms with Crippen LogP contribution in [-0.2, 0) is 0 Å². The molecule has 11 nitrogen and oxygen atoms in total. The number of halogens is 1. The molecule has 0 saturated heterocycles. The molecule has 3 aromatic carbocycles. The monoisotopic (exact) mass is 685 g/mol. The van der Waals surface area contributed by atoms with Crippen molar-refractivity contribution in [3.8, 4) is 34.5 Å². The van der Waals surface area contributed by atoms with E-state index in [4.69, 9.17) is 19.2 Å². The molecule has 2 heterocycles. The van der Waals surface area contributed by atoms with Crippen LogP contribution in [0.25, 0.3) is 22.3 Å². The van der Waals surface area contributed by atoms with Crippen molar-refractivity contribution in [3.63, 3.8) is 0 Å². The number of nitrogens with zero attached hydrogens (tertiary/aromatic N) is 5. The molecule has 0 bridgehead atoms. The molecule has 0 aliphatic heterocycles. The second-order valence-corrected chi connectivity index (χ2v) is 11.4. The predicted molar refractivity (Wildman–Crippen MR) is 181 cm³/mol. The first kappa shape index (κ1) is 32.3. The minimum atomic E-state index is -0.533. The van der Waals surface area contributed by atoms with Gasteiger partial charge in [0.15, 0.2) is 17.3 Å². The molecule has 0 spiro atoms. The molecule has 0 amide bonds. The Morgan fingerprint density at radius 1 is 1.04 bits per heavy atom. The maximum Gasteiger partial charge on any atom is 0.287 e. The number of aryl methyl sites for hydroxylation is 1. The third-order valence-corrected chi connectivity index (χ3v) is 7.65. The molecular weight excluding hydrogens is 654 g/mol. The molecule has 12 heteroatoms. The summed E-state index contributed by atoms with van der Waals surface area (Å²) in [4.78, 5) is 33.3. The normalized spacial score (nSPS) is 11.4. The zero-order valence-electron chi connectivity index (χ0n) is 26.0. The smallest absolute Gasteiger partial charge is 0.287 e. The Morgan fingerprint density at radius 2 is 1.78 bits per heavy atom. The van der Waals surface area contributed by atoms with E-state index >= 15 is 0 Å². The van der Waals surface area contributed by atoms with Crippen LogP contribution in [-0.4, -0.2) is 39.0 Å². The molecule has 46 heavy (non-hydrogen) atoms. The van der Waals surface area contributed by atoms with Crippen LogP contribution in [0.2, 0.25) is 0 Å². The molecule has 5 aromatic rings. The first-order valence-electron chi connectivity index (χ1n) is 14.7. The van der Waals surface area contributed by atoms with Crippen molar-refractivity contribution in [2.24, 2.45) is 5.10 Å². The standard InChI is InChI=1S/C34H32BrN5O6/c1-6-44-29-14-21(5)26(17-25(29)20(3)4)33-38-28-11-9-8-10-24(28)34(41)39(33)37-18-22-15-27(35)32(30(16-22)45-7-2)46-31-13-12-23(19-36-31)40(42)43/h8-20H,6-7H2,1-5H3. The molecule has 0 fully saturated rings. The third-order valence-electron chi connectivity index (χ3n) is 7.07. The minimum absolute atomic E-state index is 0.151. The van der Waals surface area contributed by atoms with E-state index in [2.05, 4.69) is 39.9 Å². The highest BCUT2D eigenvalue weighted by atomic mass is 79.9. The molecular formula is C34H32BrN5O6. The van der Waals surface area contributed by atoms with Gasteiger partial charge in [-0.05, 0) is 95.7 Å². The molecule has 2 aromatic heterocycles. The van der Waals surface area contributed by atoms with Crippen molar-refractivity contribution >= 4 is 38.7 Å². The quantitative estimate of drug-likeness (QED) is 0.0776. The van der Waals surface area contributed by atoms with Gasteiger partial charge in [0.05, 0.1) is 39.7 Å². The van der Waals surface area contributed by atoms with E-state index in [1.807, 2.05) is 45.0 Å². The van der Waals surface area contributed by atoms with E-state index in [0.717, 1.165) is 28.6 Å². The van der Waals surface area contributed by atoms with Gasteiger partial charge in [0, 0.05) is 17.7 Å². The highest BCUT2D eigenvalue weighted by Gasteiger charge is 2.19. The number of pyridine rings is 1. The Kier molecular flexibility index (Phi) is 9.76. The fourth-order valence-corrected chi connectivity index (χ4v) is 5.41. The van der Waals surface area contributed by atoms with Crippen LogP contribution in [0.15, 0.2) is 81.2 Å². The average Bonchev–Trinajstić information content (AvgIpc) is 3.02. The highest BCUT2D eigenvalue weighted by Crippen LogP contribution is 2.39. The summed E-state index contributed by atoms with van der Waals surface area (Å²) in [6, 6.07) is 17.4. The fourth-order valence-electron chi connectivity index (χ4n) is 4.87. The number of nitro groups is 1. The van der Waals surface area contributed by atoms with E-state index < -0.39 is 4.92 Å². The summed E-state index contributed by atoms with van der Waals surface area (Å²) in [6.45, 7) is 10.8. The van der Waals surface area contributed by atoms with Gasteiger partial charge in [-0.15, -0.1) is 0 Å². The summed E-state index contributed by atoms with van der Waals surface area (Å²) >= 11 is 3.54. The fraction of sp³-hybridized carbons (Fsp3) is 0.235. The van der Waals surface area contributed by atoms with Gasteiger partial charge in [-0.2, -0.15) is 9.78 Å². The summed E-state index contributed by atoms with van der Waals surface area (Å²) < 4.78 is 19.6. The van der Waals surface area contributed by atoms with E-state index in [-0.39, 0.29) is 23.0 Å². The summed E-state index contributed by atoms with van der Waals surface area (Å²) in [7, 11) is 0. The lowest BCUT2D eigenvalue weighted by molar-refractivity contribution is -0.385. The summed E-state index contributed by atoms with van der Waals surface area (Å²) in [5.74, 6) is 2.23. The maximum atomic E-state index is 13.9. The van der Waals surface area contributed by atoms with E-state index in [1.165, 1.54) is 16.8 Å². The molecule has 0 unspecified atom stereocenters. The number of rotatable bonds is 11. The van der Waals surface area contributed by atoms with Gasteiger partial charge in [0.2, 0.25) is 5.88 Å². The number of para-hydroxylation sites is 1. The van der Waals surface area contributed by atoms with Crippen LogP contribution in [0.3, 0.4) is 0 Å². The molecule has 0 saturated carbocycles. The second-order valence-electron chi connectivity index (χ2n) is 10.6. The van der Waals surface area contributed by atoms with Gasteiger partial charge >= 0.3 is 0 Å². The van der Waals surface area contributed by atoms with Gasteiger partial charge in [-0.25, -0.2) is 9.97 Å². The molecule has 0 aliphatic carbocycles. The number of fused-ring (bicyclic) bond motifs is 1. The van der Waals surface area contributed by atoms with Crippen LogP contribution in [0, 0.1) is 17.0 Å². The molecule has 0 aliphatic rings. The van der Waals surface area contributed by atoms with Gasteiger partial charge in [-0.1, -0.05) is 26.0 Å². The number of hydrogen-bond donors (Lipinski definition) is 0. The van der Waals surface area contributed by atoms with Gasteiger partial charge in [-0.3, -0.25) is 14.9 Å². The number of ether oxygens (including phenoxy) is 3. The Morgan fingerprint density at radius 3 is 2.46 bits per heavy atom. The maximum absolute atomic E-state index is 13.9. The van der Waals surface area contributed by atoms with E-state index in [1.54, 1.807) is 30.5 Å². The van der Waals surface area contributed by atoms with Crippen LogP contribution in [0.5, 0.6) is 23.1 Å². The average molecular weight is 687 g/mol. The Hall–Kier alpha value is -5.10. The second kappa shape index (κ2) is 13.9. The topological polar surface area (TPSA) is 131 Å². The highest BCUT2D eigenvalue weighted by molar-refractivity contribution is 9.10. The largest absolute Gasteiger partial charge is 0.494 e. The van der Waals surface area contributed by atoms with E-state index in [0.29, 0.717) is 51.5 Å². The summed E-state index contributed by atoms with van der Waals surface area (Å²) in [5.41, 5.74) is 3.37. The van der Waals surface area contributed by atoms with Gasteiger partial charge in [0.1, 0.15) is 11.9 Å². The number of hydrogen-bond acceptors (Lipinski definition) is 9.